The van der Waals surface area contributed by atoms with Crippen molar-refractivity contribution in [1.82, 2.24) is 29.6 Å². The number of aromatic nitrogens is 5. The summed E-state index contributed by atoms with van der Waals surface area (Å²) in [5, 5.41) is 5.36. The molecule has 4 heterocycles. The van der Waals surface area contributed by atoms with E-state index in [1.54, 1.807) is 28.0 Å². The molecule has 1 aliphatic heterocycles. The van der Waals surface area contributed by atoms with Crippen molar-refractivity contribution >= 4 is 44.3 Å². The van der Waals surface area contributed by atoms with Crippen LogP contribution in [0.15, 0.2) is 42.7 Å². The quantitative estimate of drug-likeness (QED) is 0.368. The molecule has 166 valence electrons. The van der Waals surface area contributed by atoms with Gasteiger partial charge in [-0.05, 0) is 36.6 Å². The molecule has 33 heavy (non-hydrogen) atoms. The predicted molar refractivity (Wildman–Crippen MR) is 127 cm³/mol. The lowest BCUT2D eigenvalue weighted by atomic mass is 10.2. The number of carbonyl (C=O) groups excluding carboxylic acids is 1. The summed E-state index contributed by atoms with van der Waals surface area (Å²) in [6, 6.07) is 5.72. The maximum Gasteiger partial charge on any atom is 0.246 e. The van der Waals surface area contributed by atoms with E-state index in [1.165, 1.54) is 12.4 Å². The molecule has 1 aliphatic rings. The molecule has 0 bridgehead atoms. The van der Waals surface area contributed by atoms with Gasteiger partial charge >= 0.3 is 0 Å². The molecule has 5 rings (SSSR count). The van der Waals surface area contributed by atoms with Crippen LogP contribution in [-0.4, -0.2) is 61.8 Å². The standard InChI is InChI=1S/C23H21N7O2S/c1-3-20(31)29-10-15(9-16(29)11-32-2)30-23-21(22(24)25-12-26-23)17(28-30)6-4-14-5-7-19-18(8-14)27-13-33-19/h3,5,7-8,12-13,15-16H,1,9-11H2,2H3,(H2,24,25,26)/t15-,16+/m0/s1. The maximum absolute atomic E-state index is 12.4. The number of benzene rings is 1. The Labute approximate surface area is 193 Å². The number of fused-ring (bicyclic) bond motifs is 2. The Morgan fingerprint density at radius 2 is 2.24 bits per heavy atom. The Hall–Kier alpha value is -3.81. The topological polar surface area (TPSA) is 112 Å². The number of carbonyl (C=O) groups is 1. The Balaban J connectivity index is 1.55. The van der Waals surface area contributed by atoms with E-state index in [9.17, 15) is 4.79 Å². The lowest BCUT2D eigenvalue weighted by molar-refractivity contribution is -0.127. The second-order valence-corrected chi connectivity index (χ2v) is 8.62. The predicted octanol–water partition coefficient (Wildman–Crippen LogP) is 2.39. The van der Waals surface area contributed by atoms with Crippen molar-refractivity contribution in [2.45, 2.75) is 18.5 Å². The van der Waals surface area contributed by atoms with E-state index in [0.717, 1.165) is 15.8 Å². The van der Waals surface area contributed by atoms with Gasteiger partial charge in [0, 0.05) is 19.2 Å². The summed E-state index contributed by atoms with van der Waals surface area (Å²) in [6.45, 7) is 4.51. The number of anilines is 1. The van der Waals surface area contributed by atoms with Gasteiger partial charge in [0.25, 0.3) is 0 Å². The van der Waals surface area contributed by atoms with Crippen molar-refractivity contribution in [2.24, 2.45) is 0 Å². The van der Waals surface area contributed by atoms with Crippen LogP contribution in [0, 0.1) is 11.8 Å². The van der Waals surface area contributed by atoms with E-state index in [1.807, 2.05) is 23.7 Å². The fourth-order valence-corrected chi connectivity index (χ4v) is 4.87. The largest absolute Gasteiger partial charge is 0.383 e. The zero-order valence-corrected chi connectivity index (χ0v) is 18.7. The Morgan fingerprint density at radius 3 is 3.06 bits per heavy atom. The van der Waals surface area contributed by atoms with Crippen LogP contribution in [-0.2, 0) is 9.53 Å². The molecule has 3 aromatic heterocycles. The highest BCUT2D eigenvalue weighted by molar-refractivity contribution is 7.16. The van der Waals surface area contributed by atoms with Crippen molar-refractivity contribution in [2.75, 3.05) is 26.0 Å². The van der Waals surface area contributed by atoms with Crippen molar-refractivity contribution in [3.63, 3.8) is 0 Å². The molecule has 1 saturated heterocycles. The monoisotopic (exact) mass is 459 g/mol. The third-order valence-electron chi connectivity index (χ3n) is 5.73. The van der Waals surface area contributed by atoms with Gasteiger partial charge in [-0.3, -0.25) is 4.79 Å². The Bertz CT molecular complexity index is 1430. The number of amides is 1. The van der Waals surface area contributed by atoms with Gasteiger partial charge in [0.1, 0.15) is 17.8 Å². The van der Waals surface area contributed by atoms with Crippen LogP contribution >= 0.6 is 11.3 Å². The molecule has 1 aromatic carbocycles. The van der Waals surface area contributed by atoms with E-state index in [4.69, 9.17) is 15.6 Å². The number of ether oxygens (including phenoxy) is 1. The summed E-state index contributed by atoms with van der Waals surface area (Å²) in [6.07, 6.45) is 3.40. The number of nitrogens with two attached hydrogens (primary N) is 1. The first kappa shape index (κ1) is 21.1. The number of nitrogens with zero attached hydrogens (tertiary/aromatic N) is 6. The van der Waals surface area contributed by atoms with Gasteiger partial charge in [0.15, 0.2) is 5.65 Å². The zero-order valence-electron chi connectivity index (χ0n) is 17.9. The summed E-state index contributed by atoms with van der Waals surface area (Å²) < 4.78 is 8.24. The van der Waals surface area contributed by atoms with Gasteiger partial charge in [-0.1, -0.05) is 12.5 Å². The van der Waals surface area contributed by atoms with Crippen LogP contribution in [0.5, 0.6) is 0 Å². The normalized spacial score (nSPS) is 17.9. The van der Waals surface area contributed by atoms with Gasteiger partial charge in [0.2, 0.25) is 5.91 Å². The molecular weight excluding hydrogens is 438 g/mol. The molecule has 2 atom stereocenters. The van der Waals surface area contributed by atoms with Crippen molar-refractivity contribution in [3.05, 3.63) is 53.9 Å². The van der Waals surface area contributed by atoms with Gasteiger partial charge in [0.05, 0.1) is 39.8 Å². The molecule has 1 fully saturated rings. The van der Waals surface area contributed by atoms with E-state index in [-0.39, 0.29) is 18.0 Å². The Morgan fingerprint density at radius 1 is 1.36 bits per heavy atom. The third kappa shape index (κ3) is 3.82. The minimum atomic E-state index is -0.136. The summed E-state index contributed by atoms with van der Waals surface area (Å²) in [5.74, 6) is 6.48. The van der Waals surface area contributed by atoms with E-state index < -0.39 is 0 Å². The molecule has 4 aromatic rings. The van der Waals surface area contributed by atoms with Crippen LogP contribution in [0.2, 0.25) is 0 Å². The van der Waals surface area contributed by atoms with E-state index in [0.29, 0.717) is 42.1 Å². The van der Waals surface area contributed by atoms with Crippen molar-refractivity contribution in [1.29, 1.82) is 0 Å². The SMILES string of the molecule is C=CC(=O)N1C[C@@H](n2nc(C#Cc3ccc4scnc4c3)c3c(N)ncnc32)C[C@@H]1COC. The number of methoxy groups -OCH3 is 1. The van der Waals surface area contributed by atoms with E-state index in [2.05, 4.69) is 33.4 Å². The molecular formula is C23H21N7O2S. The fraction of sp³-hybridized carbons (Fsp3) is 0.261. The highest BCUT2D eigenvalue weighted by Gasteiger charge is 2.37. The van der Waals surface area contributed by atoms with Gasteiger partial charge in [-0.2, -0.15) is 5.10 Å². The third-order valence-corrected chi connectivity index (χ3v) is 6.54. The minimum absolute atomic E-state index is 0.0803. The van der Waals surface area contributed by atoms with E-state index >= 15 is 0 Å². The van der Waals surface area contributed by atoms with Crippen LogP contribution < -0.4 is 5.73 Å². The van der Waals surface area contributed by atoms with Crippen LogP contribution in [0.3, 0.4) is 0 Å². The molecule has 0 unspecified atom stereocenters. The lowest BCUT2D eigenvalue weighted by Gasteiger charge is -2.22. The lowest BCUT2D eigenvalue weighted by Crippen LogP contribution is -2.37. The molecule has 2 N–H and O–H groups in total. The molecule has 0 saturated carbocycles. The average Bonchev–Trinajstić information content (AvgIpc) is 3.54. The highest BCUT2D eigenvalue weighted by atomic mass is 32.1. The summed E-state index contributed by atoms with van der Waals surface area (Å²) >= 11 is 1.59. The smallest absolute Gasteiger partial charge is 0.246 e. The summed E-state index contributed by atoms with van der Waals surface area (Å²) in [5.41, 5.74) is 10.8. The first-order valence-electron chi connectivity index (χ1n) is 10.3. The average molecular weight is 460 g/mol. The molecule has 0 radical (unpaired) electrons. The molecule has 9 nitrogen and oxygen atoms in total. The number of hydrogen-bond donors (Lipinski definition) is 1. The first-order valence-corrected chi connectivity index (χ1v) is 11.2. The second kappa shape index (κ2) is 8.61. The number of nitrogen functional groups attached to an aromatic ring is 1. The van der Waals surface area contributed by atoms with Crippen molar-refractivity contribution in [3.8, 4) is 11.8 Å². The zero-order chi connectivity index (χ0) is 22.9. The van der Waals surface area contributed by atoms with Crippen molar-refractivity contribution < 1.29 is 9.53 Å². The van der Waals surface area contributed by atoms with Gasteiger partial charge in [-0.15, -0.1) is 11.3 Å². The van der Waals surface area contributed by atoms with Gasteiger partial charge in [-0.25, -0.2) is 19.6 Å². The van der Waals surface area contributed by atoms with Gasteiger partial charge < -0.3 is 15.4 Å². The maximum atomic E-state index is 12.4. The van der Waals surface area contributed by atoms with Crippen LogP contribution in [0.4, 0.5) is 5.82 Å². The van der Waals surface area contributed by atoms with Crippen LogP contribution in [0.1, 0.15) is 23.7 Å². The number of rotatable bonds is 4. The molecule has 1 amide bonds. The molecule has 0 spiro atoms. The minimum Gasteiger partial charge on any atom is -0.383 e. The summed E-state index contributed by atoms with van der Waals surface area (Å²) in [4.78, 5) is 27.1. The summed E-state index contributed by atoms with van der Waals surface area (Å²) in [7, 11) is 1.62. The second-order valence-electron chi connectivity index (χ2n) is 7.73. The number of likely N-dealkylation sites (tertiary alicyclic amines) is 1. The number of hydrogen-bond acceptors (Lipinski definition) is 8. The molecule has 0 aliphatic carbocycles. The van der Waals surface area contributed by atoms with Crippen LogP contribution in [0.25, 0.3) is 21.3 Å². The molecule has 10 heteroatoms. The fourth-order valence-electron chi connectivity index (χ4n) is 4.21. The number of thiazole rings is 1. The first-order chi connectivity index (χ1) is 16.1. The highest BCUT2D eigenvalue weighted by Crippen LogP contribution is 2.32. The Kier molecular flexibility index (Phi) is 5.50.